The average Bonchev–Trinajstić information content (AvgIpc) is 3.09. The van der Waals surface area contributed by atoms with Crippen LogP contribution in [0.4, 0.5) is 5.69 Å². The third kappa shape index (κ3) is 3.35. The van der Waals surface area contributed by atoms with Crippen LogP contribution < -0.4 is 14.4 Å². The van der Waals surface area contributed by atoms with Crippen LogP contribution in [0.5, 0.6) is 11.5 Å². The zero-order valence-electron chi connectivity index (χ0n) is 15.2. The van der Waals surface area contributed by atoms with Crippen LogP contribution in [0.15, 0.2) is 42.5 Å². The van der Waals surface area contributed by atoms with Crippen molar-refractivity contribution < 1.29 is 19.1 Å². The van der Waals surface area contributed by atoms with Gasteiger partial charge in [0.15, 0.2) is 18.1 Å². The number of amides is 2. The summed E-state index contributed by atoms with van der Waals surface area (Å²) in [4.78, 5) is 28.2. The number of anilines is 1. The van der Waals surface area contributed by atoms with Gasteiger partial charge >= 0.3 is 0 Å². The van der Waals surface area contributed by atoms with Crippen molar-refractivity contribution in [3.8, 4) is 11.5 Å². The topological polar surface area (TPSA) is 59.1 Å². The minimum Gasteiger partial charge on any atom is -0.493 e. The Labute approximate surface area is 152 Å². The number of nitrogens with zero attached hydrogens (tertiary/aromatic N) is 2. The predicted molar refractivity (Wildman–Crippen MR) is 99.0 cm³/mol. The van der Waals surface area contributed by atoms with E-state index in [2.05, 4.69) is 0 Å². The molecule has 0 N–H and O–H groups in total. The summed E-state index contributed by atoms with van der Waals surface area (Å²) in [5, 5.41) is 0. The van der Waals surface area contributed by atoms with Crippen molar-refractivity contribution in [2.75, 3.05) is 39.3 Å². The van der Waals surface area contributed by atoms with Crippen molar-refractivity contribution in [1.29, 1.82) is 0 Å². The fraction of sp³-hybridized carbons (Fsp3) is 0.300. The number of para-hydroxylation sites is 2. The Bertz CT molecular complexity index is 832. The molecule has 26 heavy (non-hydrogen) atoms. The smallest absolute Gasteiger partial charge is 0.264 e. The maximum atomic E-state index is 12.7. The van der Waals surface area contributed by atoms with Crippen LogP contribution in [0, 0.1) is 0 Å². The molecule has 0 bridgehead atoms. The largest absolute Gasteiger partial charge is 0.493 e. The van der Waals surface area contributed by atoms with Gasteiger partial charge in [-0.2, -0.15) is 0 Å². The molecule has 6 nitrogen and oxygen atoms in total. The molecule has 1 heterocycles. The van der Waals surface area contributed by atoms with Crippen LogP contribution in [0.1, 0.15) is 15.9 Å². The van der Waals surface area contributed by atoms with E-state index >= 15 is 0 Å². The first-order valence-corrected chi connectivity index (χ1v) is 8.42. The van der Waals surface area contributed by atoms with Crippen molar-refractivity contribution in [2.45, 2.75) is 6.42 Å². The molecule has 2 aromatic rings. The van der Waals surface area contributed by atoms with Gasteiger partial charge in [-0.3, -0.25) is 9.59 Å². The van der Waals surface area contributed by atoms with Crippen molar-refractivity contribution in [1.82, 2.24) is 4.90 Å². The number of methoxy groups -OCH3 is 1. The number of carbonyl (C=O) groups excluding carboxylic acids is 2. The standard InChI is InChI=1S/C20H22N2O4/c1-21(2)20(24)15-8-6-10-17(25-3)19(15)26-13-18(23)22-12-11-14-7-4-5-9-16(14)22/h4-10H,11-13H2,1-3H3. The predicted octanol–water partition coefficient (Wildman–Crippen LogP) is 2.37. The summed E-state index contributed by atoms with van der Waals surface area (Å²) >= 11 is 0. The SMILES string of the molecule is COc1cccc(C(=O)N(C)C)c1OCC(=O)N1CCc2ccccc21. The van der Waals surface area contributed by atoms with Crippen LogP contribution in [0.25, 0.3) is 0 Å². The molecule has 1 aliphatic rings. The fourth-order valence-corrected chi connectivity index (χ4v) is 3.04. The van der Waals surface area contributed by atoms with E-state index in [1.807, 2.05) is 24.3 Å². The summed E-state index contributed by atoms with van der Waals surface area (Å²) in [6.07, 6.45) is 0.834. The lowest BCUT2D eigenvalue weighted by atomic mass is 10.1. The Morgan fingerprint density at radius 1 is 1.12 bits per heavy atom. The summed E-state index contributed by atoms with van der Waals surface area (Å²) in [6.45, 7) is 0.472. The molecule has 136 valence electrons. The molecule has 0 aromatic heterocycles. The molecule has 3 rings (SSSR count). The van der Waals surface area contributed by atoms with Crippen molar-refractivity contribution in [3.63, 3.8) is 0 Å². The molecule has 1 aliphatic heterocycles. The monoisotopic (exact) mass is 354 g/mol. The van der Waals surface area contributed by atoms with E-state index in [1.165, 1.54) is 12.0 Å². The molecule has 6 heteroatoms. The summed E-state index contributed by atoms with van der Waals surface area (Å²) in [7, 11) is 4.83. The molecule has 2 aromatic carbocycles. The lowest BCUT2D eigenvalue weighted by Crippen LogP contribution is -2.33. The summed E-state index contributed by atoms with van der Waals surface area (Å²) < 4.78 is 11.1. The highest BCUT2D eigenvalue weighted by molar-refractivity contribution is 5.99. The van der Waals surface area contributed by atoms with E-state index in [9.17, 15) is 9.59 Å². The van der Waals surface area contributed by atoms with Crippen LogP contribution in [-0.4, -0.2) is 51.1 Å². The number of hydrogen-bond acceptors (Lipinski definition) is 4. The lowest BCUT2D eigenvalue weighted by molar-refractivity contribution is -0.120. The second-order valence-electron chi connectivity index (χ2n) is 6.25. The van der Waals surface area contributed by atoms with Gasteiger partial charge in [0.2, 0.25) is 0 Å². The molecule has 0 saturated carbocycles. The van der Waals surface area contributed by atoms with Gasteiger partial charge in [-0.15, -0.1) is 0 Å². The summed E-state index contributed by atoms with van der Waals surface area (Å²) in [6, 6.07) is 12.9. The highest BCUT2D eigenvalue weighted by Crippen LogP contribution is 2.32. The maximum Gasteiger partial charge on any atom is 0.264 e. The summed E-state index contributed by atoms with van der Waals surface area (Å²) in [5.74, 6) is 0.351. The molecule has 0 fully saturated rings. The number of benzene rings is 2. The van der Waals surface area contributed by atoms with E-state index in [4.69, 9.17) is 9.47 Å². The first kappa shape index (κ1) is 17.8. The fourth-order valence-electron chi connectivity index (χ4n) is 3.04. The Morgan fingerprint density at radius 2 is 1.88 bits per heavy atom. The molecular formula is C20H22N2O4. The van der Waals surface area contributed by atoms with Crippen LogP contribution >= 0.6 is 0 Å². The van der Waals surface area contributed by atoms with E-state index in [0.29, 0.717) is 17.9 Å². The van der Waals surface area contributed by atoms with Gasteiger partial charge in [0.05, 0.1) is 12.7 Å². The number of hydrogen-bond donors (Lipinski definition) is 0. The van der Waals surface area contributed by atoms with Gasteiger partial charge in [0.1, 0.15) is 0 Å². The Hall–Kier alpha value is -3.02. The number of ether oxygens (including phenoxy) is 2. The Morgan fingerprint density at radius 3 is 2.62 bits per heavy atom. The van der Waals surface area contributed by atoms with Gasteiger partial charge in [0, 0.05) is 26.3 Å². The summed E-state index contributed by atoms with van der Waals surface area (Å²) in [5.41, 5.74) is 2.44. The molecule has 2 amide bonds. The second kappa shape index (κ2) is 7.47. The average molecular weight is 354 g/mol. The van der Waals surface area contributed by atoms with Gasteiger partial charge in [-0.1, -0.05) is 24.3 Å². The van der Waals surface area contributed by atoms with Gasteiger partial charge in [-0.05, 0) is 30.2 Å². The zero-order valence-corrected chi connectivity index (χ0v) is 15.2. The highest BCUT2D eigenvalue weighted by atomic mass is 16.5. The van der Waals surface area contributed by atoms with E-state index in [0.717, 1.165) is 17.7 Å². The molecule has 0 spiro atoms. The Kier molecular flexibility index (Phi) is 5.11. The Balaban J connectivity index is 1.79. The number of carbonyl (C=O) groups is 2. The maximum absolute atomic E-state index is 12.7. The van der Waals surface area contributed by atoms with Crippen molar-refractivity contribution >= 4 is 17.5 Å². The first-order chi connectivity index (χ1) is 12.5. The second-order valence-corrected chi connectivity index (χ2v) is 6.25. The minimum absolute atomic E-state index is 0.149. The van der Waals surface area contributed by atoms with Crippen molar-refractivity contribution in [2.24, 2.45) is 0 Å². The van der Waals surface area contributed by atoms with E-state index in [1.54, 1.807) is 37.2 Å². The lowest BCUT2D eigenvalue weighted by Gasteiger charge is -2.20. The van der Waals surface area contributed by atoms with Gasteiger partial charge in [-0.25, -0.2) is 0 Å². The highest BCUT2D eigenvalue weighted by Gasteiger charge is 2.26. The molecule has 0 unspecified atom stereocenters. The van der Waals surface area contributed by atoms with E-state index in [-0.39, 0.29) is 24.2 Å². The molecule has 0 atom stereocenters. The molecule has 0 saturated heterocycles. The van der Waals surface area contributed by atoms with Crippen LogP contribution in [0.3, 0.4) is 0 Å². The number of rotatable bonds is 5. The molecular weight excluding hydrogens is 332 g/mol. The van der Waals surface area contributed by atoms with E-state index < -0.39 is 0 Å². The molecule has 0 radical (unpaired) electrons. The third-order valence-electron chi connectivity index (χ3n) is 4.36. The van der Waals surface area contributed by atoms with Gasteiger partial charge in [0.25, 0.3) is 11.8 Å². The third-order valence-corrected chi connectivity index (χ3v) is 4.36. The van der Waals surface area contributed by atoms with Crippen LogP contribution in [0.2, 0.25) is 0 Å². The first-order valence-electron chi connectivity index (χ1n) is 8.42. The number of fused-ring (bicyclic) bond motifs is 1. The zero-order chi connectivity index (χ0) is 18.7. The van der Waals surface area contributed by atoms with Gasteiger partial charge < -0.3 is 19.3 Å². The van der Waals surface area contributed by atoms with Crippen molar-refractivity contribution in [3.05, 3.63) is 53.6 Å². The molecule has 0 aliphatic carbocycles. The van der Waals surface area contributed by atoms with Crippen LogP contribution in [-0.2, 0) is 11.2 Å². The normalized spacial score (nSPS) is 12.5. The quantitative estimate of drug-likeness (QED) is 0.827. The minimum atomic E-state index is -0.210.